The minimum Gasteiger partial charge on any atom is -0.494 e. The highest BCUT2D eigenvalue weighted by molar-refractivity contribution is 9.10. The number of halogens is 1. The Balaban J connectivity index is 1.69. The van der Waals surface area contributed by atoms with Crippen molar-refractivity contribution in [2.24, 2.45) is 0 Å². The van der Waals surface area contributed by atoms with E-state index in [4.69, 9.17) is 4.74 Å². The van der Waals surface area contributed by atoms with E-state index >= 15 is 0 Å². The van der Waals surface area contributed by atoms with Crippen molar-refractivity contribution >= 4 is 44.2 Å². The van der Waals surface area contributed by atoms with Crippen LogP contribution in [0.5, 0.6) is 5.75 Å². The molecule has 1 N–H and O–H groups in total. The van der Waals surface area contributed by atoms with E-state index in [2.05, 4.69) is 26.2 Å². The molecule has 1 amide bonds. The van der Waals surface area contributed by atoms with Crippen molar-refractivity contribution in [1.29, 1.82) is 0 Å². The molecule has 2 aromatic heterocycles. The number of anilines is 1. The molecule has 7 nitrogen and oxygen atoms in total. The highest BCUT2D eigenvalue weighted by atomic mass is 79.9. The van der Waals surface area contributed by atoms with Gasteiger partial charge in [-0.05, 0) is 61.5 Å². The lowest BCUT2D eigenvalue weighted by molar-refractivity contribution is -0.116. The number of nitrogens with zero attached hydrogens (tertiary/aromatic N) is 2. The lowest BCUT2D eigenvalue weighted by atomic mass is 10.0. The Labute approximate surface area is 198 Å². The van der Waals surface area contributed by atoms with Crippen LogP contribution in [0, 0.1) is 0 Å². The van der Waals surface area contributed by atoms with E-state index in [1.54, 1.807) is 59.2 Å². The van der Waals surface area contributed by atoms with E-state index in [1.807, 2.05) is 6.92 Å². The molecule has 0 radical (unpaired) electrons. The molecule has 2 heterocycles. The van der Waals surface area contributed by atoms with Gasteiger partial charge in [0.15, 0.2) is 5.78 Å². The summed E-state index contributed by atoms with van der Waals surface area (Å²) in [6.45, 7) is 2.38. The summed E-state index contributed by atoms with van der Waals surface area (Å²) in [4.78, 5) is 42.9. The van der Waals surface area contributed by atoms with E-state index in [1.165, 1.54) is 18.6 Å². The minimum absolute atomic E-state index is 0.0133. The molecule has 4 rings (SSSR count). The highest BCUT2D eigenvalue weighted by Gasteiger charge is 2.18. The number of fused-ring (bicyclic) bond motifs is 1. The fourth-order valence-corrected chi connectivity index (χ4v) is 3.84. The van der Waals surface area contributed by atoms with Crippen LogP contribution in [0.15, 0.2) is 82.5 Å². The number of nitrogens with one attached hydrogen (secondary N) is 1. The number of amides is 1. The number of carbonyl (C=O) groups is 2. The van der Waals surface area contributed by atoms with Gasteiger partial charge in [0.25, 0.3) is 0 Å². The molecule has 0 aliphatic heterocycles. The maximum Gasteiger partial charge on any atom is 0.244 e. The molecule has 0 spiro atoms. The van der Waals surface area contributed by atoms with Gasteiger partial charge in [0, 0.05) is 39.7 Å². The number of aromatic nitrogens is 2. The normalized spacial score (nSPS) is 10.7. The molecule has 0 bridgehead atoms. The number of rotatable bonds is 7. The molecular weight excluding hydrogens is 486 g/mol. The van der Waals surface area contributed by atoms with Crippen molar-refractivity contribution in [3.8, 4) is 5.75 Å². The second-order valence-corrected chi connectivity index (χ2v) is 8.15. The third-order valence-electron chi connectivity index (χ3n) is 4.99. The number of ether oxygens (including phenoxy) is 1. The molecule has 0 aliphatic carbocycles. The van der Waals surface area contributed by atoms with Gasteiger partial charge in [-0.3, -0.25) is 19.4 Å². The van der Waals surface area contributed by atoms with Crippen LogP contribution in [0.25, 0.3) is 10.9 Å². The van der Waals surface area contributed by atoms with E-state index < -0.39 is 11.2 Å². The predicted octanol–water partition coefficient (Wildman–Crippen LogP) is 4.43. The molecule has 0 saturated carbocycles. The Hall–Kier alpha value is -3.78. The van der Waals surface area contributed by atoms with Gasteiger partial charge in [0.2, 0.25) is 11.3 Å². The van der Waals surface area contributed by atoms with Crippen molar-refractivity contribution in [2.45, 2.75) is 13.5 Å². The Morgan fingerprint density at radius 1 is 1.06 bits per heavy atom. The molecular formula is C25H20BrN3O4. The summed E-state index contributed by atoms with van der Waals surface area (Å²) < 4.78 is 7.73. The summed E-state index contributed by atoms with van der Waals surface area (Å²) >= 11 is 3.38. The zero-order chi connectivity index (χ0) is 23.4. The zero-order valence-corrected chi connectivity index (χ0v) is 19.3. The Kier molecular flexibility index (Phi) is 6.65. The second kappa shape index (κ2) is 9.79. The molecule has 8 heteroatoms. The lowest BCUT2D eigenvalue weighted by Gasteiger charge is -2.14. The predicted molar refractivity (Wildman–Crippen MR) is 130 cm³/mol. The first-order valence-corrected chi connectivity index (χ1v) is 11.1. The number of benzene rings is 2. The first-order chi connectivity index (χ1) is 16.0. The van der Waals surface area contributed by atoms with Crippen molar-refractivity contribution in [3.63, 3.8) is 0 Å². The van der Waals surface area contributed by atoms with E-state index in [9.17, 15) is 14.4 Å². The quantitative estimate of drug-likeness (QED) is 0.375. The summed E-state index contributed by atoms with van der Waals surface area (Å²) in [6, 6.07) is 15.3. The fourth-order valence-electron chi connectivity index (χ4n) is 3.48. The Morgan fingerprint density at radius 3 is 2.48 bits per heavy atom. The van der Waals surface area contributed by atoms with Crippen LogP contribution >= 0.6 is 15.9 Å². The Bertz CT molecular complexity index is 1380. The van der Waals surface area contributed by atoms with Crippen molar-refractivity contribution in [2.75, 3.05) is 11.9 Å². The molecule has 0 fully saturated rings. The van der Waals surface area contributed by atoms with Crippen molar-refractivity contribution in [3.05, 3.63) is 99.0 Å². The summed E-state index contributed by atoms with van der Waals surface area (Å²) in [6.07, 6.45) is 4.43. The molecule has 33 heavy (non-hydrogen) atoms. The molecule has 0 atom stereocenters. The number of hydrogen-bond acceptors (Lipinski definition) is 5. The standard InChI is InChI=1S/C25H20BrN3O4/c1-2-33-19-6-4-18(5-7-19)28-23(30)15-29-14-21(24(31)16-9-11-27-12-10-16)25(32)20-13-17(26)3-8-22(20)29/h3-14H,2,15H2,1H3,(H,28,30). The molecule has 166 valence electrons. The lowest BCUT2D eigenvalue weighted by Crippen LogP contribution is -2.24. The number of hydrogen-bond donors (Lipinski definition) is 1. The average molecular weight is 506 g/mol. The molecule has 2 aromatic carbocycles. The summed E-state index contributed by atoms with van der Waals surface area (Å²) in [7, 11) is 0. The van der Waals surface area contributed by atoms with Crippen LogP contribution in [-0.4, -0.2) is 27.8 Å². The van der Waals surface area contributed by atoms with Crippen LogP contribution in [0.1, 0.15) is 22.8 Å². The van der Waals surface area contributed by atoms with Crippen LogP contribution in [-0.2, 0) is 11.3 Å². The third kappa shape index (κ3) is 5.01. The van der Waals surface area contributed by atoms with Crippen molar-refractivity contribution < 1.29 is 14.3 Å². The van der Waals surface area contributed by atoms with Gasteiger partial charge in [-0.1, -0.05) is 15.9 Å². The van der Waals surface area contributed by atoms with Gasteiger partial charge >= 0.3 is 0 Å². The maximum absolute atomic E-state index is 13.1. The van der Waals surface area contributed by atoms with Gasteiger partial charge in [0.05, 0.1) is 17.7 Å². The molecule has 4 aromatic rings. The van der Waals surface area contributed by atoms with Gasteiger partial charge in [-0.2, -0.15) is 0 Å². The van der Waals surface area contributed by atoms with E-state index in [-0.39, 0.29) is 18.0 Å². The summed E-state index contributed by atoms with van der Waals surface area (Å²) in [5, 5.41) is 3.18. The van der Waals surface area contributed by atoms with Gasteiger partial charge in [-0.15, -0.1) is 0 Å². The number of pyridine rings is 2. The number of carbonyl (C=O) groups excluding carboxylic acids is 2. The molecule has 0 aliphatic rings. The molecule has 0 unspecified atom stereocenters. The minimum atomic E-state index is -0.426. The second-order valence-electron chi connectivity index (χ2n) is 7.23. The summed E-state index contributed by atoms with van der Waals surface area (Å²) in [5.41, 5.74) is 1.11. The Morgan fingerprint density at radius 2 is 1.79 bits per heavy atom. The van der Waals surface area contributed by atoms with E-state index in [0.29, 0.717) is 39.0 Å². The van der Waals surface area contributed by atoms with Crippen LogP contribution in [0.3, 0.4) is 0 Å². The number of ketones is 1. The smallest absolute Gasteiger partial charge is 0.244 e. The molecule has 0 saturated heterocycles. The van der Waals surface area contributed by atoms with Gasteiger partial charge in [-0.25, -0.2) is 0 Å². The first-order valence-electron chi connectivity index (χ1n) is 10.3. The average Bonchev–Trinajstić information content (AvgIpc) is 2.82. The highest BCUT2D eigenvalue weighted by Crippen LogP contribution is 2.20. The van der Waals surface area contributed by atoms with Gasteiger partial charge in [0.1, 0.15) is 12.3 Å². The zero-order valence-electron chi connectivity index (χ0n) is 17.7. The first kappa shape index (κ1) is 22.4. The van der Waals surface area contributed by atoms with E-state index in [0.717, 1.165) is 0 Å². The van der Waals surface area contributed by atoms with Crippen LogP contribution < -0.4 is 15.5 Å². The van der Waals surface area contributed by atoms with Crippen LogP contribution in [0.2, 0.25) is 0 Å². The van der Waals surface area contributed by atoms with Crippen molar-refractivity contribution in [1.82, 2.24) is 9.55 Å². The fraction of sp³-hybridized carbons (Fsp3) is 0.120. The monoisotopic (exact) mass is 505 g/mol. The topological polar surface area (TPSA) is 90.3 Å². The SMILES string of the molecule is CCOc1ccc(NC(=O)Cn2cc(C(=O)c3ccncc3)c(=O)c3cc(Br)ccc32)cc1. The largest absolute Gasteiger partial charge is 0.494 e. The maximum atomic E-state index is 13.1. The summed E-state index contributed by atoms with van der Waals surface area (Å²) in [5.74, 6) is -0.00831. The third-order valence-corrected chi connectivity index (χ3v) is 5.49. The van der Waals surface area contributed by atoms with Gasteiger partial charge < -0.3 is 14.6 Å². The van der Waals surface area contributed by atoms with Crippen LogP contribution in [0.4, 0.5) is 5.69 Å².